The molecule has 0 aliphatic carbocycles. The first kappa shape index (κ1) is 14.4. The Balaban J connectivity index is 2.46. The molecule has 1 aliphatic heterocycles. The van der Waals surface area contributed by atoms with Gasteiger partial charge < -0.3 is 15.5 Å². The zero-order valence-electron chi connectivity index (χ0n) is 11.7. The van der Waals surface area contributed by atoms with Gasteiger partial charge in [0.1, 0.15) is 0 Å². The second-order valence-corrected chi connectivity index (χ2v) is 4.71. The summed E-state index contributed by atoms with van der Waals surface area (Å²) in [6.07, 6.45) is 5.97. The number of rotatable bonds is 4. The summed E-state index contributed by atoms with van der Waals surface area (Å²) in [6, 6.07) is 0. The molecule has 1 aromatic rings. The first-order valence-electron chi connectivity index (χ1n) is 6.60. The van der Waals surface area contributed by atoms with Crippen LogP contribution in [0.4, 0.5) is 0 Å². The number of hydrogen-bond donors (Lipinski definition) is 2. The third-order valence-electron chi connectivity index (χ3n) is 3.60. The molecule has 2 heterocycles. The Morgan fingerprint density at radius 2 is 2.20 bits per heavy atom. The first-order valence-corrected chi connectivity index (χ1v) is 6.60. The largest absolute Gasteiger partial charge is 0.357 e. The van der Waals surface area contributed by atoms with Gasteiger partial charge in [-0.2, -0.15) is 0 Å². The molecule has 0 spiro atoms. The molecule has 1 saturated heterocycles. The van der Waals surface area contributed by atoms with Crippen LogP contribution in [0.3, 0.4) is 0 Å². The summed E-state index contributed by atoms with van der Waals surface area (Å²) in [5.74, 6) is -0.334. The molecule has 1 atom stereocenters. The number of likely N-dealkylation sites (N-methyl/N-ethyl adjacent to an activating group) is 2. The molecule has 0 bridgehead atoms. The molecule has 2 rings (SSSR count). The molecule has 7 nitrogen and oxygen atoms in total. The summed E-state index contributed by atoms with van der Waals surface area (Å²) < 4.78 is 0. The van der Waals surface area contributed by atoms with E-state index >= 15 is 0 Å². The van der Waals surface area contributed by atoms with E-state index in [0.29, 0.717) is 18.7 Å². The maximum absolute atomic E-state index is 12.5. The number of carbonyl (C=O) groups is 2. The molecule has 0 saturated carbocycles. The Labute approximate surface area is 117 Å². The van der Waals surface area contributed by atoms with Gasteiger partial charge in [0.2, 0.25) is 5.91 Å². The van der Waals surface area contributed by atoms with Gasteiger partial charge in [0.15, 0.2) is 5.54 Å². The summed E-state index contributed by atoms with van der Waals surface area (Å²) in [5.41, 5.74) is -0.530. The van der Waals surface area contributed by atoms with Crippen LogP contribution in [0, 0.1) is 0 Å². The Hall–Kier alpha value is -2.02. The van der Waals surface area contributed by atoms with Crippen LogP contribution in [0.25, 0.3) is 0 Å². The monoisotopic (exact) mass is 277 g/mol. The summed E-state index contributed by atoms with van der Waals surface area (Å²) in [6.45, 7) is 0.740. The van der Waals surface area contributed by atoms with Crippen LogP contribution in [0.1, 0.15) is 18.5 Å². The van der Waals surface area contributed by atoms with Gasteiger partial charge in [-0.3, -0.25) is 19.6 Å². The number of likely N-dealkylation sites (tertiary alicyclic amines) is 1. The lowest BCUT2D eigenvalue weighted by molar-refractivity contribution is -0.145. The summed E-state index contributed by atoms with van der Waals surface area (Å²) in [4.78, 5) is 34.6. The van der Waals surface area contributed by atoms with E-state index in [1.165, 1.54) is 0 Å². The van der Waals surface area contributed by atoms with Gasteiger partial charge >= 0.3 is 0 Å². The van der Waals surface area contributed by atoms with Gasteiger partial charge in [0.05, 0.1) is 18.4 Å². The molecule has 0 aromatic carbocycles. The molecule has 2 N–H and O–H groups in total. The molecule has 20 heavy (non-hydrogen) atoms. The van der Waals surface area contributed by atoms with E-state index in [1.807, 2.05) is 0 Å². The van der Waals surface area contributed by atoms with Crippen LogP contribution in [-0.4, -0.2) is 53.9 Å². The molecule has 7 heteroatoms. The van der Waals surface area contributed by atoms with Gasteiger partial charge in [-0.1, -0.05) is 0 Å². The van der Waals surface area contributed by atoms with Crippen molar-refractivity contribution in [2.45, 2.75) is 18.4 Å². The molecular formula is C13H19N5O2. The van der Waals surface area contributed by atoms with Crippen LogP contribution in [0.15, 0.2) is 18.6 Å². The number of aromatic nitrogens is 2. The van der Waals surface area contributed by atoms with Gasteiger partial charge in [-0.25, -0.2) is 0 Å². The van der Waals surface area contributed by atoms with Crippen molar-refractivity contribution in [3.05, 3.63) is 24.3 Å². The van der Waals surface area contributed by atoms with E-state index in [1.54, 1.807) is 37.6 Å². The minimum Gasteiger partial charge on any atom is -0.357 e. The highest BCUT2D eigenvalue weighted by molar-refractivity contribution is 5.93. The lowest BCUT2D eigenvalue weighted by Gasteiger charge is -2.36. The zero-order valence-corrected chi connectivity index (χ0v) is 11.7. The van der Waals surface area contributed by atoms with Crippen LogP contribution in [0.5, 0.6) is 0 Å². The number of nitrogens with one attached hydrogen (secondary N) is 2. The summed E-state index contributed by atoms with van der Waals surface area (Å²) in [5, 5.41) is 5.48. The topological polar surface area (TPSA) is 87.2 Å². The van der Waals surface area contributed by atoms with Gasteiger partial charge in [0, 0.05) is 26.0 Å². The molecular weight excluding hydrogens is 258 g/mol. The van der Waals surface area contributed by atoms with E-state index in [4.69, 9.17) is 0 Å². The number of hydrogen-bond acceptors (Lipinski definition) is 5. The predicted octanol–water partition coefficient (Wildman–Crippen LogP) is -0.740. The quantitative estimate of drug-likeness (QED) is 0.757. The SMILES string of the molecule is CNCC(=O)N1CCC[C@]1(C(=O)NC)c1cnccn1. The van der Waals surface area contributed by atoms with E-state index < -0.39 is 5.54 Å². The number of nitrogens with zero attached hydrogens (tertiary/aromatic N) is 3. The highest BCUT2D eigenvalue weighted by atomic mass is 16.2. The highest BCUT2D eigenvalue weighted by Gasteiger charge is 2.51. The fraction of sp³-hybridized carbons (Fsp3) is 0.538. The van der Waals surface area contributed by atoms with Crippen molar-refractivity contribution in [2.75, 3.05) is 27.2 Å². The summed E-state index contributed by atoms with van der Waals surface area (Å²) in [7, 11) is 3.28. The van der Waals surface area contributed by atoms with Crippen molar-refractivity contribution >= 4 is 11.8 Å². The smallest absolute Gasteiger partial charge is 0.252 e. The highest BCUT2D eigenvalue weighted by Crippen LogP contribution is 2.37. The van der Waals surface area contributed by atoms with E-state index in [0.717, 1.165) is 6.42 Å². The Morgan fingerprint density at radius 3 is 2.80 bits per heavy atom. The Morgan fingerprint density at radius 1 is 1.40 bits per heavy atom. The second kappa shape index (κ2) is 5.96. The summed E-state index contributed by atoms with van der Waals surface area (Å²) >= 11 is 0. The van der Waals surface area contributed by atoms with E-state index in [2.05, 4.69) is 20.6 Å². The molecule has 0 unspecified atom stereocenters. The molecule has 1 aliphatic rings. The first-order chi connectivity index (χ1) is 9.66. The molecule has 108 valence electrons. The van der Waals surface area contributed by atoms with Crippen molar-refractivity contribution < 1.29 is 9.59 Å². The van der Waals surface area contributed by atoms with Crippen LogP contribution in [0.2, 0.25) is 0 Å². The molecule has 0 radical (unpaired) electrons. The normalized spacial score (nSPS) is 21.8. The van der Waals surface area contributed by atoms with Crippen LogP contribution >= 0.6 is 0 Å². The Bertz CT molecular complexity index is 493. The third-order valence-corrected chi connectivity index (χ3v) is 3.60. The Kier molecular flexibility index (Phi) is 4.29. The lowest BCUT2D eigenvalue weighted by Crippen LogP contribution is -2.56. The molecule has 2 amide bonds. The fourth-order valence-electron chi connectivity index (χ4n) is 2.74. The fourth-order valence-corrected chi connectivity index (χ4v) is 2.74. The van der Waals surface area contributed by atoms with Crippen molar-refractivity contribution in [3.63, 3.8) is 0 Å². The van der Waals surface area contributed by atoms with Crippen molar-refractivity contribution in [1.82, 2.24) is 25.5 Å². The van der Waals surface area contributed by atoms with Gasteiger partial charge in [0.25, 0.3) is 5.91 Å². The average Bonchev–Trinajstić information content (AvgIpc) is 2.93. The average molecular weight is 277 g/mol. The minimum absolute atomic E-state index is 0.112. The number of carbonyl (C=O) groups excluding carboxylic acids is 2. The second-order valence-electron chi connectivity index (χ2n) is 4.71. The molecule has 1 fully saturated rings. The maximum atomic E-state index is 12.5. The standard InChI is InChI=1S/C13H19N5O2/c1-14-9-11(19)18-7-3-4-13(18,12(20)15-2)10-8-16-5-6-17-10/h5-6,8,14H,3-4,7,9H2,1-2H3,(H,15,20)/t13-/m1/s1. The minimum atomic E-state index is -1.04. The van der Waals surface area contributed by atoms with Crippen molar-refractivity contribution in [1.29, 1.82) is 0 Å². The van der Waals surface area contributed by atoms with Gasteiger partial charge in [-0.15, -0.1) is 0 Å². The maximum Gasteiger partial charge on any atom is 0.252 e. The van der Waals surface area contributed by atoms with Crippen LogP contribution < -0.4 is 10.6 Å². The zero-order chi connectivity index (χ0) is 14.6. The van der Waals surface area contributed by atoms with E-state index in [-0.39, 0.29) is 18.4 Å². The number of amides is 2. The van der Waals surface area contributed by atoms with Gasteiger partial charge in [-0.05, 0) is 19.9 Å². The van der Waals surface area contributed by atoms with Crippen molar-refractivity contribution in [2.24, 2.45) is 0 Å². The van der Waals surface area contributed by atoms with Crippen LogP contribution in [-0.2, 0) is 15.1 Å². The predicted molar refractivity (Wildman–Crippen MR) is 72.7 cm³/mol. The lowest BCUT2D eigenvalue weighted by atomic mass is 9.90. The molecule has 1 aromatic heterocycles. The third kappa shape index (κ3) is 2.24. The van der Waals surface area contributed by atoms with Crippen molar-refractivity contribution in [3.8, 4) is 0 Å². The van der Waals surface area contributed by atoms with E-state index in [9.17, 15) is 9.59 Å².